The van der Waals surface area contributed by atoms with Gasteiger partial charge in [-0.25, -0.2) is 8.42 Å². The SMILES string of the molecule is CCS(=O)(=O)N1CCCc2cc(NC(=O)Cc3cccc4ccccc34)ccc21. The molecule has 1 amide bonds. The lowest BCUT2D eigenvalue weighted by molar-refractivity contribution is -0.115. The molecule has 3 aromatic carbocycles. The molecule has 0 unspecified atom stereocenters. The van der Waals surface area contributed by atoms with Crippen LogP contribution < -0.4 is 9.62 Å². The van der Waals surface area contributed by atoms with Gasteiger partial charge in [0.25, 0.3) is 0 Å². The number of hydrogen-bond donors (Lipinski definition) is 1. The van der Waals surface area contributed by atoms with Crippen LogP contribution in [-0.2, 0) is 27.7 Å². The minimum Gasteiger partial charge on any atom is -0.326 e. The van der Waals surface area contributed by atoms with Crippen molar-refractivity contribution in [3.63, 3.8) is 0 Å². The smallest absolute Gasteiger partial charge is 0.234 e. The van der Waals surface area contributed by atoms with Gasteiger partial charge in [-0.2, -0.15) is 0 Å². The average molecular weight is 409 g/mol. The Morgan fingerprint density at radius 1 is 1.07 bits per heavy atom. The van der Waals surface area contributed by atoms with Crippen LogP contribution >= 0.6 is 0 Å². The number of anilines is 2. The molecule has 1 N–H and O–H groups in total. The summed E-state index contributed by atoms with van der Waals surface area (Å²) in [5, 5.41) is 5.16. The van der Waals surface area contributed by atoms with Crippen molar-refractivity contribution >= 4 is 38.1 Å². The van der Waals surface area contributed by atoms with Crippen LogP contribution in [0.5, 0.6) is 0 Å². The molecule has 0 radical (unpaired) electrons. The van der Waals surface area contributed by atoms with Crippen molar-refractivity contribution in [2.75, 3.05) is 21.9 Å². The van der Waals surface area contributed by atoms with Gasteiger partial charge in [0.1, 0.15) is 0 Å². The number of rotatable bonds is 5. The lowest BCUT2D eigenvalue weighted by Gasteiger charge is -2.30. The zero-order valence-electron chi connectivity index (χ0n) is 16.4. The second-order valence-corrected chi connectivity index (χ2v) is 9.46. The molecular weight excluding hydrogens is 384 g/mol. The monoisotopic (exact) mass is 408 g/mol. The highest BCUT2D eigenvalue weighted by atomic mass is 32.2. The van der Waals surface area contributed by atoms with Crippen LogP contribution in [0.1, 0.15) is 24.5 Å². The lowest BCUT2D eigenvalue weighted by atomic mass is 10.0. The van der Waals surface area contributed by atoms with Crippen molar-refractivity contribution in [3.05, 3.63) is 71.8 Å². The van der Waals surface area contributed by atoms with Gasteiger partial charge in [0.05, 0.1) is 17.9 Å². The van der Waals surface area contributed by atoms with Gasteiger partial charge in [-0.3, -0.25) is 9.10 Å². The van der Waals surface area contributed by atoms with E-state index < -0.39 is 10.0 Å². The number of amides is 1. The van der Waals surface area contributed by atoms with Gasteiger partial charge >= 0.3 is 0 Å². The van der Waals surface area contributed by atoms with Crippen LogP contribution in [0.4, 0.5) is 11.4 Å². The number of carbonyl (C=O) groups is 1. The highest BCUT2D eigenvalue weighted by molar-refractivity contribution is 7.92. The second kappa shape index (κ2) is 7.87. The summed E-state index contributed by atoms with van der Waals surface area (Å²) in [5.41, 5.74) is 3.37. The summed E-state index contributed by atoms with van der Waals surface area (Å²) in [7, 11) is -3.29. The predicted octanol–water partition coefficient (Wildman–Crippen LogP) is 4.12. The van der Waals surface area contributed by atoms with E-state index in [2.05, 4.69) is 5.32 Å². The predicted molar refractivity (Wildman–Crippen MR) is 118 cm³/mol. The van der Waals surface area contributed by atoms with Crippen molar-refractivity contribution in [3.8, 4) is 0 Å². The molecule has 0 bridgehead atoms. The number of nitrogens with one attached hydrogen (secondary N) is 1. The van der Waals surface area contributed by atoms with E-state index in [9.17, 15) is 13.2 Å². The van der Waals surface area contributed by atoms with Crippen LogP contribution in [0.15, 0.2) is 60.7 Å². The Hall–Kier alpha value is -2.86. The van der Waals surface area contributed by atoms with Crippen molar-refractivity contribution in [2.45, 2.75) is 26.2 Å². The summed E-state index contributed by atoms with van der Waals surface area (Å²) in [6, 6.07) is 19.5. The third-order valence-electron chi connectivity index (χ3n) is 5.37. The number of nitrogens with zero attached hydrogens (tertiary/aromatic N) is 1. The summed E-state index contributed by atoms with van der Waals surface area (Å²) in [4.78, 5) is 12.6. The number of hydrogen-bond acceptors (Lipinski definition) is 3. The minimum atomic E-state index is -3.29. The molecule has 0 atom stereocenters. The van der Waals surface area contributed by atoms with Crippen LogP contribution in [0.3, 0.4) is 0 Å². The molecule has 1 heterocycles. The van der Waals surface area contributed by atoms with E-state index in [4.69, 9.17) is 0 Å². The normalized spacial score (nSPS) is 13.9. The number of fused-ring (bicyclic) bond motifs is 2. The largest absolute Gasteiger partial charge is 0.326 e. The molecule has 1 aliphatic heterocycles. The lowest BCUT2D eigenvalue weighted by Crippen LogP contribution is -2.36. The minimum absolute atomic E-state index is 0.0793. The Labute approximate surface area is 171 Å². The summed E-state index contributed by atoms with van der Waals surface area (Å²) in [6.07, 6.45) is 1.87. The van der Waals surface area contributed by atoms with Crippen molar-refractivity contribution in [2.24, 2.45) is 0 Å². The van der Waals surface area contributed by atoms with Crippen molar-refractivity contribution in [1.82, 2.24) is 0 Å². The first-order valence-electron chi connectivity index (χ1n) is 9.88. The Bertz CT molecular complexity index is 1170. The third kappa shape index (κ3) is 3.98. The van der Waals surface area contributed by atoms with Crippen molar-refractivity contribution < 1.29 is 13.2 Å². The highest BCUT2D eigenvalue weighted by Crippen LogP contribution is 2.32. The Morgan fingerprint density at radius 3 is 2.69 bits per heavy atom. The number of aryl methyl sites for hydroxylation is 1. The van der Waals surface area contributed by atoms with Gasteiger partial charge < -0.3 is 5.32 Å². The Kier molecular flexibility index (Phi) is 5.28. The molecule has 0 fully saturated rings. The molecule has 0 saturated carbocycles. The molecule has 5 nitrogen and oxygen atoms in total. The maximum Gasteiger partial charge on any atom is 0.234 e. The van der Waals surface area contributed by atoms with Gasteiger partial charge in [-0.15, -0.1) is 0 Å². The maximum atomic E-state index is 12.6. The topological polar surface area (TPSA) is 66.5 Å². The van der Waals surface area contributed by atoms with E-state index in [1.54, 1.807) is 19.1 Å². The zero-order chi connectivity index (χ0) is 20.4. The molecule has 4 rings (SSSR count). The third-order valence-corrected chi connectivity index (χ3v) is 7.15. The number of benzene rings is 3. The zero-order valence-corrected chi connectivity index (χ0v) is 17.2. The van der Waals surface area contributed by atoms with Gasteiger partial charge in [0, 0.05) is 12.2 Å². The maximum absolute atomic E-state index is 12.6. The molecule has 6 heteroatoms. The first-order chi connectivity index (χ1) is 14.0. The van der Waals surface area contributed by atoms with Gasteiger partial charge in [-0.05, 0) is 59.9 Å². The molecule has 0 saturated heterocycles. The van der Waals surface area contributed by atoms with E-state index in [0.717, 1.165) is 40.4 Å². The molecule has 0 spiro atoms. The quantitative estimate of drug-likeness (QED) is 0.690. The number of carbonyl (C=O) groups excluding carboxylic acids is 1. The molecule has 0 aliphatic carbocycles. The van der Waals surface area contributed by atoms with Crippen LogP contribution in [0, 0.1) is 0 Å². The van der Waals surface area contributed by atoms with E-state index in [-0.39, 0.29) is 18.1 Å². The van der Waals surface area contributed by atoms with Gasteiger partial charge in [0.2, 0.25) is 15.9 Å². The Balaban J connectivity index is 1.54. The van der Waals surface area contributed by atoms with Crippen molar-refractivity contribution in [1.29, 1.82) is 0 Å². The molecular formula is C23H24N2O3S. The van der Waals surface area contributed by atoms with E-state index >= 15 is 0 Å². The molecule has 3 aromatic rings. The first-order valence-corrected chi connectivity index (χ1v) is 11.5. The number of sulfonamides is 1. The van der Waals surface area contributed by atoms with Gasteiger partial charge in [0.15, 0.2) is 0 Å². The fourth-order valence-electron chi connectivity index (χ4n) is 3.91. The molecule has 29 heavy (non-hydrogen) atoms. The van der Waals surface area contributed by atoms with E-state index in [0.29, 0.717) is 12.2 Å². The Morgan fingerprint density at radius 2 is 1.86 bits per heavy atom. The fourth-order valence-corrected chi connectivity index (χ4v) is 5.11. The summed E-state index contributed by atoms with van der Waals surface area (Å²) < 4.78 is 26.2. The van der Waals surface area contributed by atoms with E-state index in [1.165, 1.54) is 4.31 Å². The molecule has 1 aliphatic rings. The molecule has 150 valence electrons. The summed E-state index contributed by atoms with van der Waals surface area (Å²) in [6.45, 7) is 2.17. The van der Waals surface area contributed by atoms with Crippen LogP contribution in [0.25, 0.3) is 10.8 Å². The first kappa shape index (κ1) is 19.5. The summed E-state index contributed by atoms with van der Waals surface area (Å²) in [5.74, 6) is -0.00850. The van der Waals surface area contributed by atoms with Crippen LogP contribution in [-0.4, -0.2) is 26.6 Å². The molecule has 0 aromatic heterocycles. The van der Waals surface area contributed by atoms with Gasteiger partial charge in [-0.1, -0.05) is 42.5 Å². The summed E-state index contributed by atoms with van der Waals surface area (Å²) >= 11 is 0. The standard InChI is InChI=1S/C23H24N2O3S/c1-2-29(27,28)25-14-6-10-19-15-20(12-13-22(19)25)24-23(26)16-18-9-5-8-17-7-3-4-11-21(17)18/h3-5,7-9,11-13,15H,2,6,10,14,16H2,1H3,(H,24,26). The van der Waals surface area contributed by atoms with E-state index in [1.807, 2.05) is 48.5 Å². The second-order valence-electron chi connectivity index (χ2n) is 7.28. The average Bonchev–Trinajstić information content (AvgIpc) is 2.73. The van der Waals surface area contributed by atoms with Crippen LogP contribution in [0.2, 0.25) is 0 Å². The highest BCUT2D eigenvalue weighted by Gasteiger charge is 2.26. The fraction of sp³-hybridized carbons (Fsp3) is 0.261.